The van der Waals surface area contributed by atoms with Gasteiger partial charge in [0, 0.05) is 5.69 Å². The lowest BCUT2D eigenvalue weighted by molar-refractivity contribution is -0.117. The van der Waals surface area contributed by atoms with E-state index in [1.807, 2.05) is 54.3 Å². The monoisotopic (exact) mass is 366 g/mol. The third kappa shape index (κ3) is 4.89. The van der Waals surface area contributed by atoms with Gasteiger partial charge in [-0.2, -0.15) is 4.68 Å². The first-order valence-corrected chi connectivity index (χ1v) is 8.68. The van der Waals surface area contributed by atoms with E-state index >= 15 is 0 Å². The highest BCUT2D eigenvalue weighted by Crippen LogP contribution is 2.15. The number of hydrogen-bond acceptors (Lipinski definition) is 6. The SMILES string of the molecule is CCN(CC(=O)Nc1ccc(OC)cc1)Cc1nnnn1-c1ccccc1. The van der Waals surface area contributed by atoms with Gasteiger partial charge < -0.3 is 10.1 Å². The maximum Gasteiger partial charge on any atom is 0.238 e. The molecule has 140 valence electrons. The molecule has 0 radical (unpaired) electrons. The number of aromatic nitrogens is 4. The Morgan fingerprint density at radius 3 is 2.56 bits per heavy atom. The predicted octanol–water partition coefficient (Wildman–Crippen LogP) is 2.13. The van der Waals surface area contributed by atoms with Gasteiger partial charge >= 0.3 is 0 Å². The Hall–Kier alpha value is -3.26. The first-order valence-electron chi connectivity index (χ1n) is 8.68. The van der Waals surface area contributed by atoms with Crippen LogP contribution in [0.1, 0.15) is 12.7 Å². The summed E-state index contributed by atoms with van der Waals surface area (Å²) in [5.41, 5.74) is 1.61. The number of carbonyl (C=O) groups excluding carboxylic acids is 1. The van der Waals surface area contributed by atoms with Crippen molar-refractivity contribution in [3.05, 3.63) is 60.4 Å². The molecule has 0 saturated carbocycles. The Morgan fingerprint density at radius 1 is 1.15 bits per heavy atom. The van der Waals surface area contributed by atoms with Gasteiger partial charge in [0.05, 0.1) is 25.9 Å². The Balaban J connectivity index is 1.62. The van der Waals surface area contributed by atoms with Crippen LogP contribution in [0.15, 0.2) is 54.6 Å². The lowest BCUT2D eigenvalue weighted by Crippen LogP contribution is -2.33. The van der Waals surface area contributed by atoms with Gasteiger partial charge in [0.1, 0.15) is 5.75 Å². The molecule has 1 aromatic heterocycles. The zero-order chi connectivity index (χ0) is 19.1. The van der Waals surface area contributed by atoms with Crippen molar-refractivity contribution in [1.82, 2.24) is 25.1 Å². The minimum Gasteiger partial charge on any atom is -0.497 e. The van der Waals surface area contributed by atoms with Crippen LogP contribution in [-0.2, 0) is 11.3 Å². The van der Waals surface area contributed by atoms with Crippen LogP contribution < -0.4 is 10.1 Å². The van der Waals surface area contributed by atoms with Crippen LogP contribution in [0.3, 0.4) is 0 Å². The molecule has 1 heterocycles. The van der Waals surface area contributed by atoms with E-state index in [1.54, 1.807) is 23.9 Å². The molecule has 0 aliphatic rings. The van der Waals surface area contributed by atoms with Crippen LogP contribution in [0.2, 0.25) is 0 Å². The van der Waals surface area contributed by atoms with Crippen LogP contribution in [0, 0.1) is 0 Å². The van der Waals surface area contributed by atoms with Crippen LogP contribution >= 0.6 is 0 Å². The van der Waals surface area contributed by atoms with Gasteiger partial charge in [0.25, 0.3) is 0 Å². The molecule has 0 fully saturated rings. The molecule has 0 spiro atoms. The van der Waals surface area contributed by atoms with E-state index in [9.17, 15) is 4.79 Å². The highest BCUT2D eigenvalue weighted by molar-refractivity contribution is 5.92. The van der Waals surface area contributed by atoms with E-state index in [-0.39, 0.29) is 12.5 Å². The van der Waals surface area contributed by atoms with E-state index in [0.717, 1.165) is 17.1 Å². The number of benzene rings is 2. The molecule has 3 rings (SSSR count). The number of anilines is 1. The number of amides is 1. The highest BCUT2D eigenvalue weighted by Gasteiger charge is 2.15. The van der Waals surface area contributed by atoms with E-state index in [0.29, 0.717) is 18.9 Å². The third-order valence-electron chi connectivity index (χ3n) is 4.09. The Bertz CT molecular complexity index is 863. The molecule has 27 heavy (non-hydrogen) atoms. The Kier molecular flexibility index (Phi) is 6.11. The van der Waals surface area contributed by atoms with Crippen molar-refractivity contribution in [2.45, 2.75) is 13.5 Å². The number of nitrogens with zero attached hydrogens (tertiary/aromatic N) is 5. The van der Waals surface area contributed by atoms with Crippen molar-refractivity contribution >= 4 is 11.6 Å². The minimum atomic E-state index is -0.0965. The van der Waals surface area contributed by atoms with Crippen LogP contribution in [0.5, 0.6) is 5.75 Å². The lowest BCUT2D eigenvalue weighted by Gasteiger charge is -2.19. The second-order valence-electron chi connectivity index (χ2n) is 5.92. The molecule has 0 saturated heterocycles. The number of methoxy groups -OCH3 is 1. The molecule has 0 unspecified atom stereocenters. The molecule has 0 atom stereocenters. The summed E-state index contributed by atoms with van der Waals surface area (Å²) in [6, 6.07) is 16.9. The van der Waals surface area contributed by atoms with Crippen molar-refractivity contribution in [2.75, 3.05) is 25.5 Å². The third-order valence-corrected chi connectivity index (χ3v) is 4.09. The zero-order valence-corrected chi connectivity index (χ0v) is 15.4. The van der Waals surface area contributed by atoms with Crippen molar-refractivity contribution in [3.63, 3.8) is 0 Å². The number of ether oxygens (including phenoxy) is 1. The summed E-state index contributed by atoms with van der Waals surface area (Å²) in [7, 11) is 1.61. The summed E-state index contributed by atoms with van der Waals surface area (Å²) in [4.78, 5) is 14.4. The second kappa shape index (κ2) is 8.91. The molecule has 1 N–H and O–H groups in total. The van der Waals surface area contributed by atoms with Gasteiger partial charge in [-0.05, 0) is 53.4 Å². The van der Waals surface area contributed by atoms with Crippen molar-refractivity contribution in [1.29, 1.82) is 0 Å². The quantitative estimate of drug-likeness (QED) is 0.657. The average Bonchev–Trinajstić information content (AvgIpc) is 3.17. The van der Waals surface area contributed by atoms with Crippen LogP contribution in [-0.4, -0.2) is 51.2 Å². The standard InChI is InChI=1S/C19H22N6O2/c1-3-24(14-19(26)20-15-9-11-17(27-2)12-10-15)13-18-21-22-23-25(18)16-7-5-4-6-8-16/h4-12H,3,13-14H2,1-2H3,(H,20,26). The fraction of sp³-hybridized carbons (Fsp3) is 0.263. The average molecular weight is 366 g/mol. The largest absolute Gasteiger partial charge is 0.497 e. The van der Waals surface area contributed by atoms with Gasteiger partial charge in [-0.1, -0.05) is 25.1 Å². The van der Waals surface area contributed by atoms with Crippen molar-refractivity contribution in [3.8, 4) is 11.4 Å². The van der Waals surface area contributed by atoms with Gasteiger partial charge in [-0.3, -0.25) is 9.69 Å². The van der Waals surface area contributed by atoms with E-state index in [4.69, 9.17) is 4.74 Å². The van der Waals surface area contributed by atoms with E-state index in [2.05, 4.69) is 20.8 Å². The Labute approximate surface area is 157 Å². The summed E-state index contributed by atoms with van der Waals surface area (Å²) in [6.45, 7) is 3.40. The first-order chi connectivity index (χ1) is 13.2. The molecule has 1 amide bonds. The van der Waals surface area contributed by atoms with E-state index in [1.165, 1.54) is 0 Å². The number of carbonyl (C=O) groups is 1. The van der Waals surface area contributed by atoms with Crippen molar-refractivity contribution in [2.24, 2.45) is 0 Å². The number of nitrogens with one attached hydrogen (secondary N) is 1. The van der Waals surface area contributed by atoms with Crippen molar-refractivity contribution < 1.29 is 9.53 Å². The molecule has 0 aliphatic heterocycles. The summed E-state index contributed by atoms with van der Waals surface area (Å²) >= 11 is 0. The zero-order valence-electron chi connectivity index (χ0n) is 15.4. The molecule has 3 aromatic rings. The summed E-state index contributed by atoms with van der Waals surface area (Å²) in [5, 5.41) is 14.8. The molecule has 0 aliphatic carbocycles. The lowest BCUT2D eigenvalue weighted by atomic mass is 10.3. The second-order valence-corrected chi connectivity index (χ2v) is 5.92. The topological polar surface area (TPSA) is 85.2 Å². The maximum atomic E-state index is 12.4. The normalized spacial score (nSPS) is 10.8. The fourth-order valence-corrected chi connectivity index (χ4v) is 2.63. The summed E-state index contributed by atoms with van der Waals surface area (Å²) in [5.74, 6) is 1.33. The van der Waals surface area contributed by atoms with Crippen LogP contribution in [0.4, 0.5) is 5.69 Å². The molecular formula is C19H22N6O2. The number of para-hydroxylation sites is 1. The maximum absolute atomic E-state index is 12.4. The van der Waals surface area contributed by atoms with Gasteiger partial charge in [0.15, 0.2) is 5.82 Å². The highest BCUT2D eigenvalue weighted by atomic mass is 16.5. The number of rotatable bonds is 8. The molecule has 8 nitrogen and oxygen atoms in total. The summed E-state index contributed by atoms with van der Waals surface area (Å²) in [6.07, 6.45) is 0. The number of likely N-dealkylation sites (N-methyl/N-ethyl adjacent to an activating group) is 1. The predicted molar refractivity (Wildman–Crippen MR) is 102 cm³/mol. The molecular weight excluding hydrogens is 344 g/mol. The van der Waals surface area contributed by atoms with Gasteiger partial charge in [-0.15, -0.1) is 5.10 Å². The summed E-state index contributed by atoms with van der Waals surface area (Å²) < 4.78 is 6.81. The molecule has 8 heteroatoms. The first kappa shape index (κ1) is 18.5. The van der Waals surface area contributed by atoms with Gasteiger partial charge in [-0.25, -0.2) is 0 Å². The minimum absolute atomic E-state index is 0.0965. The number of tetrazole rings is 1. The van der Waals surface area contributed by atoms with Crippen LogP contribution in [0.25, 0.3) is 5.69 Å². The molecule has 0 bridgehead atoms. The number of hydrogen-bond donors (Lipinski definition) is 1. The molecule has 2 aromatic carbocycles. The Morgan fingerprint density at radius 2 is 1.89 bits per heavy atom. The smallest absolute Gasteiger partial charge is 0.238 e. The van der Waals surface area contributed by atoms with E-state index < -0.39 is 0 Å². The van der Waals surface area contributed by atoms with Gasteiger partial charge in [0.2, 0.25) is 5.91 Å². The fourth-order valence-electron chi connectivity index (χ4n) is 2.63.